The van der Waals surface area contributed by atoms with E-state index in [1.165, 1.54) is 0 Å². The van der Waals surface area contributed by atoms with Crippen molar-refractivity contribution in [3.05, 3.63) is 59.4 Å². The van der Waals surface area contributed by atoms with Crippen molar-refractivity contribution in [2.45, 2.75) is 18.3 Å². The zero-order valence-electron chi connectivity index (χ0n) is 11.4. The number of amides is 1. The van der Waals surface area contributed by atoms with Gasteiger partial charge >= 0.3 is 6.18 Å². The molecular weight excluding hydrogens is 297 g/mol. The quantitative estimate of drug-likeness (QED) is 0.916. The summed E-state index contributed by atoms with van der Waals surface area (Å²) in [5, 5.41) is 2.68. The van der Waals surface area contributed by atoms with Crippen LogP contribution in [0.15, 0.2) is 42.5 Å². The standard InChI is InChI=1S/C15H13F3N2O2/c16-15(17,18)12-7-6-10(19-12)14(21)20-11-8-22-13(11)9-4-2-1-3-5-9/h1-7,11,13,19H,8H2,(H,20,21)/t11-,13+/m1/s1. The fourth-order valence-corrected chi connectivity index (χ4v) is 2.32. The van der Waals surface area contributed by atoms with Crippen LogP contribution in [0, 0.1) is 0 Å². The number of carbonyl (C=O) groups excluding carboxylic acids is 1. The molecule has 22 heavy (non-hydrogen) atoms. The molecule has 0 radical (unpaired) electrons. The molecule has 0 aliphatic carbocycles. The zero-order chi connectivity index (χ0) is 15.7. The first-order chi connectivity index (χ1) is 10.4. The van der Waals surface area contributed by atoms with Crippen LogP contribution in [0.1, 0.15) is 27.8 Å². The monoisotopic (exact) mass is 310 g/mol. The Hall–Kier alpha value is -2.28. The van der Waals surface area contributed by atoms with E-state index in [1.54, 1.807) is 0 Å². The van der Waals surface area contributed by atoms with Crippen molar-refractivity contribution >= 4 is 5.91 Å². The van der Waals surface area contributed by atoms with Gasteiger partial charge in [0.25, 0.3) is 5.91 Å². The van der Waals surface area contributed by atoms with Gasteiger partial charge in [0.15, 0.2) is 0 Å². The summed E-state index contributed by atoms with van der Waals surface area (Å²) in [4.78, 5) is 14.1. The maximum Gasteiger partial charge on any atom is 0.431 e. The van der Waals surface area contributed by atoms with Gasteiger partial charge in [-0.25, -0.2) is 0 Å². The number of hydrogen-bond donors (Lipinski definition) is 2. The minimum Gasteiger partial charge on any atom is -0.369 e. The van der Waals surface area contributed by atoms with Crippen LogP contribution in [0.2, 0.25) is 0 Å². The van der Waals surface area contributed by atoms with Crippen molar-refractivity contribution in [3.8, 4) is 0 Å². The molecule has 2 atom stereocenters. The Balaban J connectivity index is 1.66. The van der Waals surface area contributed by atoms with Crippen molar-refractivity contribution in [2.24, 2.45) is 0 Å². The van der Waals surface area contributed by atoms with Gasteiger partial charge < -0.3 is 15.0 Å². The van der Waals surface area contributed by atoms with E-state index in [4.69, 9.17) is 4.74 Å². The van der Waals surface area contributed by atoms with Gasteiger partial charge in [0, 0.05) is 0 Å². The van der Waals surface area contributed by atoms with Gasteiger partial charge in [-0.05, 0) is 17.7 Å². The third-order valence-electron chi connectivity index (χ3n) is 3.50. The Morgan fingerprint density at radius 1 is 1.18 bits per heavy atom. The van der Waals surface area contributed by atoms with E-state index < -0.39 is 17.8 Å². The van der Waals surface area contributed by atoms with Gasteiger partial charge in [-0.3, -0.25) is 4.79 Å². The molecule has 7 heteroatoms. The molecule has 1 amide bonds. The number of aromatic amines is 1. The number of alkyl halides is 3. The first kappa shape index (κ1) is 14.6. The van der Waals surface area contributed by atoms with E-state index >= 15 is 0 Å². The summed E-state index contributed by atoms with van der Waals surface area (Å²) < 4.78 is 42.9. The van der Waals surface area contributed by atoms with Crippen molar-refractivity contribution in [1.29, 1.82) is 0 Å². The highest BCUT2D eigenvalue weighted by atomic mass is 19.4. The number of H-pyrrole nitrogens is 1. The second-order valence-corrected chi connectivity index (χ2v) is 5.03. The molecule has 2 aromatic rings. The van der Waals surface area contributed by atoms with Crippen LogP contribution in [0.25, 0.3) is 0 Å². The lowest BCUT2D eigenvalue weighted by atomic mass is 9.98. The predicted octanol–water partition coefficient (Wildman–Crippen LogP) is 2.90. The average Bonchev–Trinajstić information content (AvgIpc) is 2.94. The van der Waals surface area contributed by atoms with Crippen LogP contribution >= 0.6 is 0 Å². The normalized spacial score (nSPS) is 21.2. The van der Waals surface area contributed by atoms with Crippen molar-refractivity contribution < 1.29 is 22.7 Å². The molecule has 1 aliphatic rings. The largest absolute Gasteiger partial charge is 0.431 e. The number of halogens is 3. The Bertz CT molecular complexity index is 667. The van der Waals surface area contributed by atoms with Crippen LogP contribution in [0.3, 0.4) is 0 Å². The summed E-state index contributed by atoms with van der Waals surface area (Å²) in [6.45, 7) is 0.331. The van der Waals surface area contributed by atoms with E-state index in [0.717, 1.165) is 17.7 Å². The summed E-state index contributed by atoms with van der Waals surface area (Å²) in [7, 11) is 0. The van der Waals surface area contributed by atoms with Crippen LogP contribution < -0.4 is 5.32 Å². The molecule has 1 aromatic carbocycles. The minimum absolute atomic E-state index is 0.119. The third-order valence-corrected chi connectivity index (χ3v) is 3.50. The number of hydrogen-bond acceptors (Lipinski definition) is 2. The summed E-state index contributed by atoms with van der Waals surface area (Å²) >= 11 is 0. The van der Waals surface area contributed by atoms with Crippen LogP contribution in [0.4, 0.5) is 13.2 Å². The van der Waals surface area contributed by atoms with Gasteiger partial charge in [-0.15, -0.1) is 0 Å². The minimum atomic E-state index is -4.50. The topological polar surface area (TPSA) is 54.1 Å². The first-order valence-corrected chi connectivity index (χ1v) is 6.69. The molecule has 1 fully saturated rings. The molecule has 0 spiro atoms. The van der Waals surface area contributed by atoms with Crippen molar-refractivity contribution in [1.82, 2.24) is 10.3 Å². The Morgan fingerprint density at radius 2 is 1.91 bits per heavy atom. The maximum absolute atomic E-state index is 12.5. The number of nitrogens with one attached hydrogen (secondary N) is 2. The van der Waals surface area contributed by atoms with Gasteiger partial charge in [0.2, 0.25) is 0 Å². The van der Waals surface area contributed by atoms with E-state index in [2.05, 4.69) is 10.3 Å². The summed E-state index contributed by atoms with van der Waals surface area (Å²) in [5.41, 5.74) is -0.144. The highest BCUT2D eigenvalue weighted by molar-refractivity contribution is 5.92. The molecule has 0 unspecified atom stereocenters. The van der Waals surface area contributed by atoms with Crippen LogP contribution in [-0.4, -0.2) is 23.5 Å². The lowest BCUT2D eigenvalue weighted by Crippen LogP contribution is -2.50. The van der Waals surface area contributed by atoms with Gasteiger partial charge in [-0.2, -0.15) is 13.2 Å². The Labute approximate surface area is 124 Å². The first-order valence-electron chi connectivity index (χ1n) is 6.69. The highest BCUT2D eigenvalue weighted by Gasteiger charge is 2.36. The van der Waals surface area contributed by atoms with Gasteiger partial charge in [-0.1, -0.05) is 30.3 Å². The lowest BCUT2D eigenvalue weighted by molar-refractivity contribution is -0.140. The SMILES string of the molecule is O=C(N[C@@H]1CO[C@H]1c1ccccc1)c1ccc(C(F)(F)F)[nH]1. The second kappa shape index (κ2) is 5.49. The van der Waals surface area contributed by atoms with E-state index in [-0.39, 0.29) is 17.8 Å². The molecule has 3 rings (SSSR count). The lowest BCUT2D eigenvalue weighted by Gasteiger charge is -2.37. The van der Waals surface area contributed by atoms with Crippen molar-refractivity contribution in [3.63, 3.8) is 0 Å². The number of ether oxygens (including phenoxy) is 1. The van der Waals surface area contributed by atoms with Gasteiger partial charge in [0.05, 0.1) is 12.6 Å². The number of aromatic nitrogens is 1. The molecular formula is C15H13F3N2O2. The fraction of sp³-hybridized carbons (Fsp3) is 0.267. The second-order valence-electron chi connectivity index (χ2n) is 5.03. The third kappa shape index (κ3) is 2.85. The van der Waals surface area contributed by atoms with Crippen LogP contribution in [-0.2, 0) is 10.9 Å². The zero-order valence-corrected chi connectivity index (χ0v) is 11.4. The Kier molecular flexibility index (Phi) is 3.66. The summed E-state index contributed by atoms with van der Waals surface area (Å²) in [5.74, 6) is -0.579. The number of carbonyl (C=O) groups is 1. The van der Waals surface area contributed by atoms with E-state index in [1.807, 2.05) is 30.3 Å². The smallest absolute Gasteiger partial charge is 0.369 e. The molecule has 1 saturated heterocycles. The number of benzene rings is 1. The van der Waals surface area contributed by atoms with E-state index in [9.17, 15) is 18.0 Å². The van der Waals surface area contributed by atoms with E-state index in [0.29, 0.717) is 6.61 Å². The maximum atomic E-state index is 12.5. The Morgan fingerprint density at radius 3 is 2.45 bits per heavy atom. The molecule has 1 aromatic heterocycles. The molecule has 0 bridgehead atoms. The molecule has 1 aliphatic heterocycles. The molecule has 2 N–H and O–H groups in total. The van der Waals surface area contributed by atoms with Crippen molar-refractivity contribution in [2.75, 3.05) is 6.61 Å². The summed E-state index contributed by atoms with van der Waals surface area (Å²) in [6.07, 6.45) is -4.77. The van der Waals surface area contributed by atoms with Gasteiger partial charge in [0.1, 0.15) is 17.5 Å². The highest BCUT2D eigenvalue weighted by Crippen LogP contribution is 2.30. The molecule has 0 saturated carbocycles. The fourth-order valence-electron chi connectivity index (χ4n) is 2.32. The number of rotatable bonds is 3. The summed E-state index contributed by atoms with van der Waals surface area (Å²) in [6, 6.07) is 11.0. The average molecular weight is 310 g/mol. The van der Waals surface area contributed by atoms with Crippen LogP contribution in [0.5, 0.6) is 0 Å². The molecule has 116 valence electrons. The molecule has 4 nitrogen and oxygen atoms in total. The molecule has 2 heterocycles. The predicted molar refractivity (Wildman–Crippen MR) is 72.2 cm³/mol.